The summed E-state index contributed by atoms with van der Waals surface area (Å²) >= 11 is 0. The molecule has 0 amide bonds. The Morgan fingerprint density at radius 3 is 2.31 bits per heavy atom. The summed E-state index contributed by atoms with van der Waals surface area (Å²) in [7, 11) is 0. The SMILES string of the molecule is CCC1C(N)C(C)(CC)C1c1ccccc1. The highest BCUT2D eigenvalue weighted by atomic mass is 14.8. The van der Waals surface area contributed by atoms with Crippen LogP contribution in [0.25, 0.3) is 0 Å². The molecule has 1 nitrogen and oxygen atoms in total. The quantitative estimate of drug-likeness (QED) is 0.823. The Hall–Kier alpha value is -0.820. The van der Waals surface area contributed by atoms with Crippen molar-refractivity contribution >= 4 is 0 Å². The van der Waals surface area contributed by atoms with E-state index in [2.05, 4.69) is 51.1 Å². The summed E-state index contributed by atoms with van der Waals surface area (Å²) in [5, 5.41) is 0. The average Bonchev–Trinajstić information content (AvgIpc) is 2.35. The third-order valence-corrected chi connectivity index (χ3v) is 4.75. The van der Waals surface area contributed by atoms with Gasteiger partial charge in [-0.2, -0.15) is 0 Å². The first-order chi connectivity index (χ1) is 7.65. The number of hydrogen-bond acceptors (Lipinski definition) is 1. The molecular formula is C15H23N. The van der Waals surface area contributed by atoms with Crippen LogP contribution in [-0.4, -0.2) is 6.04 Å². The number of rotatable bonds is 3. The maximum Gasteiger partial charge on any atom is 0.0133 e. The molecule has 0 aliphatic heterocycles. The van der Waals surface area contributed by atoms with Crippen molar-refractivity contribution < 1.29 is 0 Å². The molecule has 0 saturated heterocycles. The minimum absolute atomic E-state index is 0.294. The summed E-state index contributed by atoms with van der Waals surface area (Å²) in [4.78, 5) is 0. The molecular weight excluding hydrogens is 194 g/mol. The molecule has 1 aliphatic rings. The molecule has 2 N–H and O–H groups in total. The standard InChI is InChI=1S/C15H23N/c1-4-12-13(11-9-7-6-8-10-11)15(3,5-2)14(12)16/h6-10,12-14H,4-5,16H2,1-3H3. The predicted molar refractivity (Wildman–Crippen MR) is 69.3 cm³/mol. The first-order valence-corrected chi connectivity index (χ1v) is 6.45. The van der Waals surface area contributed by atoms with Crippen LogP contribution < -0.4 is 5.73 Å². The molecule has 0 radical (unpaired) electrons. The Bertz CT molecular complexity index is 346. The fraction of sp³-hybridized carbons (Fsp3) is 0.600. The predicted octanol–water partition coefficient (Wildman–Crippen LogP) is 3.55. The number of hydrogen-bond donors (Lipinski definition) is 1. The van der Waals surface area contributed by atoms with Gasteiger partial charge in [0.1, 0.15) is 0 Å². The first kappa shape index (κ1) is 11.7. The maximum absolute atomic E-state index is 6.35. The normalized spacial score (nSPS) is 38.1. The molecule has 1 heteroatoms. The molecule has 0 spiro atoms. The van der Waals surface area contributed by atoms with Crippen molar-refractivity contribution in [1.29, 1.82) is 0 Å². The molecule has 16 heavy (non-hydrogen) atoms. The minimum Gasteiger partial charge on any atom is -0.327 e. The van der Waals surface area contributed by atoms with Crippen LogP contribution >= 0.6 is 0 Å². The Morgan fingerprint density at radius 1 is 1.19 bits per heavy atom. The molecule has 88 valence electrons. The highest BCUT2D eigenvalue weighted by Crippen LogP contribution is 2.58. The summed E-state index contributed by atoms with van der Waals surface area (Å²) in [5.74, 6) is 1.31. The van der Waals surface area contributed by atoms with Gasteiger partial charge < -0.3 is 5.73 Å². The molecule has 0 heterocycles. The Balaban J connectivity index is 2.31. The smallest absolute Gasteiger partial charge is 0.0133 e. The number of nitrogens with two attached hydrogens (primary N) is 1. The van der Waals surface area contributed by atoms with E-state index in [4.69, 9.17) is 5.73 Å². The van der Waals surface area contributed by atoms with Gasteiger partial charge in [0.05, 0.1) is 0 Å². The molecule has 1 saturated carbocycles. The van der Waals surface area contributed by atoms with Crippen molar-refractivity contribution in [1.82, 2.24) is 0 Å². The van der Waals surface area contributed by atoms with Crippen LogP contribution in [0.1, 0.15) is 45.1 Å². The van der Waals surface area contributed by atoms with Gasteiger partial charge >= 0.3 is 0 Å². The van der Waals surface area contributed by atoms with E-state index < -0.39 is 0 Å². The summed E-state index contributed by atoms with van der Waals surface area (Å²) in [6.07, 6.45) is 2.36. The van der Waals surface area contributed by atoms with E-state index in [0.29, 0.717) is 23.3 Å². The second-order valence-corrected chi connectivity index (χ2v) is 5.35. The van der Waals surface area contributed by atoms with Crippen molar-refractivity contribution in [2.45, 2.75) is 45.6 Å². The van der Waals surface area contributed by atoms with Gasteiger partial charge in [-0.15, -0.1) is 0 Å². The van der Waals surface area contributed by atoms with E-state index >= 15 is 0 Å². The zero-order valence-corrected chi connectivity index (χ0v) is 10.6. The van der Waals surface area contributed by atoms with Crippen LogP contribution in [-0.2, 0) is 0 Å². The van der Waals surface area contributed by atoms with Gasteiger partial charge in [0.15, 0.2) is 0 Å². The maximum atomic E-state index is 6.35. The van der Waals surface area contributed by atoms with Crippen LogP contribution in [0.5, 0.6) is 0 Å². The second-order valence-electron chi connectivity index (χ2n) is 5.35. The molecule has 4 atom stereocenters. The third kappa shape index (κ3) is 1.49. The Labute approximate surface area is 99.0 Å². The van der Waals surface area contributed by atoms with Gasteiger partial charge in [-0.25, -0.2) is 0 Å². The largest absolute Gasteiger partial charge is 0.327 e. The highest BCUT2D eigenvalue weighted by molar-refractivity contribution is 5.29. The summed E-state index contributed by atoms with van der Waals surface area (Å²) in [6.45, 7) is 6.87. The molecule has 0 aromatic heterocycles. The highest BCUT2D eigenvalue weighted by Gasteiger charge is 2.55. The van der Waals surface area contributed by atoms with Gasteiger partial charge in [0.2, 0.25) is 0 Å². The van der Waals surface area contributed by atoms with E-state index in [-0.39, 0.29) is 0 Å². The van der Waals surface area contributed by atoms with E-state index in [9.17, 15) is 0 Å². The molecule has 1 aromatic rings. The van der Waals surface area contributed by atoms with Gasteiger partial charge in [-0.05, 0) is 29.2 Å². The summed E-state index contributed by atoms with van der Waals surface area (Å²) in [5.41, 5.74) is 8.12. The monoisotopic (exact) mass is 217 g/mol. The van der Waals surface area contributed by atoms with Gasteiger partial charge in [-0.3, -0.25) is 0 Å². The lowest BCUT2D eigenvalue weighted by Gasteiger charge is -2.59. The first-order valence-electron chi connectivity index (χ1n) is 6.45. The Kier molecular flexibility index (Phi) is 3.07. The van der Waals surface area contributed by atoms with E-state index in [1.165, 1.54) is 18.4 Å². The average molecular weight is 217 g/mol. The van der Waals surface area contributed by atoms with Crippen LogP contribution in [0.15, 0.2) is 30.3 Å². The lowest BCUT2D eigenvalue weighted by atomic mass is 9.48. The van der Waals surface area contributed by atoms with Crippen LogP contribution in [0.3, 0.4) is 0 Å². The van der Waals surface area contributed by atoms with E-state index in [1.807, 2.05) is 0 Å². The zero-order valence-electron chi connectivity index (χ0n) is 10.6. The van der Waals surface area contributed by atoms with Crippen LogP contribution in [0.4, 0.5) is 0 Å². The summed E-state index contributed by atoms with van der Waals surface area (Å²) in [6, 6.07) is 11.3. The molecule has 1 fully saturated rings. The topological polar surface area (TPSA) is 26.0 Å². The van der Waals surface area contributed by atoms with Gasteiger partial charge in [-0.1, -0.05) is 57.5 Å². The van der Waals surface area contributed by atoms with Gasteiger partial charge in [0, 0.05) is 6.04 Å². The van der Waals surface area contributed by atoms with E-state index in [0.717, 1.165) is 0 Å². The fourth-order valence-corrected chi connectivity index (χ4v) is 3.51. The van der Waals surface area contributed by atoms with Crippen molar-refractivity contribution in [2.75, 3.05) is 0 Å². The molecule has 1 aliphatic carbocycles. The lowest BCUT2D eigenvalue weighted by molar-refractivity contribution is -0.00928. The molecule has 2 rings (SSSR count). The third-order valence-electron chi connectivity index (χ3n) is 4.75. The minimum atomic E-state index is 0.294. The number of benzene rings is 1. The van der Waals surface area contributed by atoms with E-state index in [1.54, 1.807) is 0 Å². The van der Waals surface area contributed by atoms with Crippen molar-refractivity contribution in [2.24, 2.45) is 17.1 Å². The van der Waals surface area contributed by atoms with Crippen LogP contribution in [0.2, 0.25) is 0 Å². The second kappa shape index (κ2) is 4.21. The molecule has 0 bridgehead atoms. The van der Waals surface area contributed by atoms with Crippen molar-refractivity contribution in [3.05, 3.63) is 35.9 Å². The van der Waals surface area contributed by atoms with Crippen molar-refractivity contribution in [3.63, 3.8) is 0 Å². The Morgan fingerprint density at radius 2 is 1.81 bits per heavy atom. The van der Waals surface area contributed by atoms with Gasteiger partial charge in [0.25, 0.3) is 0 Å². The zero-order chi connectivity index (χ0) is 11.8. The fourth-order valence-electron chi connectivity index (χ4n) is 3.51. The van der Waals surface area contributed by atoms with Crippen molar-refractivity contribution in [3.8, 4) is 0 Å². The lowest BCUT2D eigenvalue weighted by Crippen LogP contribution is -2.61. The molecule has 1 aromatic carbocycles. The van der Waals surface area contributed by atoms with Crippen LogP contribution in [0, 0.1) is 11.3 Å². The summed E-state index contributed by atoms with van der Waals surface area (Å²) < 4.78 is 0. The molecule has 4 unspecified atom stereocenters.